The number of carboxylic acids is 2. The number of aromatic nitrogens is 4. The molecule has 0 radical (unpaired) electrons. The molecule has 40 heavy (non-hydrogen) atoms. The van der Waals surface area contributed by atoms with Crippen LogP contribution in [0.4, 0.5) is 0 Å². The number of esters is 1. The third kappa shape index (κ3) is 4.54. The molecule has 8 atom stereocenters. The summed E-state index contributed by atoms with van der Waals surface area (Å²) in [5.41, 5.74) is -5.46. The molecule has 0 spiro atoms. The number of carboxylic acid groups (broad SMARTS) is 2. The number of nitrogens with one attached hydrogen (secondary N) is 1. The molecule has 0 saturated carbocycles. The second-order valence-corrected chi connectivity index (χ2v) is 10.0. The van der Waals surface area contributed by atoms with Crippen LogP contribution in [0.15, 0.2) is 42.5 Å². The molecule has 3 heterocycles. The molecule has 0 unspecified atom stereocenters. The molecule has 6 N–H and O–H groups in total. The second-order valence-electron chi connectivity index (χ2n) is 10.0. The lowest BCUT2D eigenvalue weighted by Crippen LogP contribution is -2.74. The van der Waals surface area contributed by atoms with Gasteiger partial charge in [-0.1, -0.05) is 49.0 Å². The van der Waals surface area contributed by atoms with Gasteiger partial charge < -0.3 is 39.7 Å². The number of hydrogen-bond acceptors (Lipinski definition) is 12. The van der Waals surface area contributed by atoms with Crippen molar-refractivity contribution in [1.82, 2.24) is 20.6 Å². The average molecular weight is 563 g/mol. The summed E-state index contributed by atoms with van der Waals surface area (Å²) in [5, 5.41) is 65.8. The van der Waals surface area contributed by atoms with Crippen molar-refractivity contribution in [2.24, 2.45) is 5.92 Å². The molecule has 2 aliphatic rings. The van der Waals surface area contributed by atoms with E-state index in [0.717, 1.165) is 5.56 Å². The SMILES string of the molecule is C=C(CC[C@]12O[C@H](c3nn[nH]n3)[C@@](O)(C(=O)O)[C@](C(=O)O)(O1)[C@H](O)[C@H]2O)[C@H](OC(C)=O)[C@H](C)Cc1ccccc1. The predicted octanol–water partition coefficient (Wildman–Crippen LogP) is -0.495. The summed E-state index contributed by atoms with van der Waals surface area (Å²) in [4.78, 5) is 36.7. The minimum absolute atomic E-state index is 0.0962. The van der Waals surface area contributed by atoms with E-state index >= 15 is 0 Å². The van der Waals surface area contributed by atoms with E-state index in [1.807, 2.05) is 37.3 Å². The van der Waals surface area contributed by atoms with E-state index in [0.29, 0.717) is 12.0 Å². The zero-order chi connectivity index (χ0) is 29.5. The number of benzene rings is 1. The van der Waals surface area contributed by atoms with Crippen molar-refractivity contribution in [2.45, 2.75) is 74.5 Å². The van der Waals surface area contributed by atoms with Crippen molar-refractivity contribution in [3.8, 4) is 0 Å². The van der Waals surface area contributed by atoms with Gasteiger partial charge in [-0.25, -0.2) is 9.59 Å². The Morgan fingerprint density at radius 3 is 2.38 bits per heavy atom. The standard InChI is InChI=1S/C25H30N4O11/c1-12(16(38-14(3)30)13(2)11-15-7-5-4-6-8-15)9-10-23-17(31)18(32)25(40-23,22(35)36)24(37,21(33)34)19(39-23)20-26-28-29-27-20/h4-8,13,16-19,31-32,37H,1,9-11H2,2-3H3,(H,33,34)(H,35,36)(H,26,27,28,29)/t13-,16+,17-,18-,19-,23+,24-,25+/m1/s1. The van der Waals surface area contributed by atoms with Gasteiger partial charge in [0, 0.05) is 19.3 Å². The fourth-order valence-corrected chi connectivity index (χ4v) is 5.47. The van der Waals surface area contributed by atoms with E-state index in [1.165, 1.54) is 6.92 Å². The lowest BCUT2D eigenvalue weighted by Gasteiger charge is -2.49. The zero-order valence-corrected chi connectivity index (χ0v) is 21.6. The van der Waals surface area contributed by atoms with E-state index in [1.54, 1.807) is 0 Å². The average Bonchev–Trinajstić information content (AvgIpc) is 3.50. The highest BCUT2D eigenvalue weighted by Crippen LogP contribution is 2.58. The summed E-state index contributed by atoms with van der Waals surface area (Å²) >= 11 is 0. The second kappa shape index (κ2) is 10.7. The first-order valence-electron chi connectivity index (χ1n) is 12.4. The maximum Gasteiger partial charge on any atom is 0.342 e. The number of nitrogens with zero attached hydrogens (tertiary/aromatic N) is 3. The molecule has 1 aromatic heterocycles. The van der Waals surface area contributed by atoms with Crippen LogP contribution >= 0.6 is 0 Å². The first-order chi connectivity index (χ1) is 18.8. The lowest BCUT2D eigenvalue weighted by atomic mass is 9.74. The van der Waals surface area contributed by atoms with Gasteiger partial charge in [0.25, 0.3) is 0 Å². The maximum absolute atomic E-state index is 12.5. The van der Waals surface area contributed by atoms with Gasteiger partial charge >= 0.3 is 17.9 Å². The molecule has 216 valence electrons. The van der Waals surface area contributed by atoms with Crippen LogP contribution in [-0.4, -0.2) is 99.4 Å². The molecular weight excluding hydrogens is 532 g/mol. The number of aliphatic carboxylic acids is 2. The maximum atomic E-state index is 12.5. The van der Waals surface area contributed by atoms with Gasteiger partial charge in [-0.2, -0.15) is 5.21 Å². The number of aromatic amines is 1. The first-order valence-corrected chi connectivity index (χ1v) is 12.4. The Morgan fingerprint density at radius 2 is 1.82 bits per heavy atom. The summed E-state index contributed by atoms with van der Waals surface area (Å²) in [6.45, 7) is 7.11. The highest BCUT2D eigenvalue weighted by atomic mass is 16.8. The van der Waals surface area contributed by atoms with E-state index in [-0.39, 0.29) is 18.8 Å². The largest absolute Gasteiger partial charge is 0.479 e. The van der Waals surface area contributed by atoms with Crippen LogP contribution < -0.4 is 0 Å². The van der Waals surface area contributed by atoms with Crippen LogP contribution in [-0.2, 0) is 35.0 Å². The van der Waals surface area contributed by atoms with E-state index in [2.05, 4.69) is 27.2 Å². The third-order valence-electron chi connectivity index (χ3n) is 7.41. The summed E-state index contributed by atoms with van der Waals surface area (Å²) in [7, 11) is 0. The Hall–Kier alpha value is -3.76. The van der Waals surface area contributed by atoms with Gasteiger partial charge in [-0.15, -0.1) is 10.2 Å². The van der Waals surface area contributed by atoms with Crippen LogP contribution in [0.25, 0.3) is 0 Å². The van der Waals surface area contributed by atoms with Crippen LogP contribution in [0, 0.1) is 5.92 Å². The molecule has 2 bridgehead atoms. The van der Waals surface area contributed by atoms with E-state index in [9.17, 15) is 39.9 Å². The highest BCUT2D eigenvalue weighted by Gasteiger charge is 2.84. The Balaban J connectivity index is 1.66. The quantitative estimate of drug-likeness (QED) is 0.150. The van der Waals surface area contributed by atoms with Crippen molar-refractivity contribution >= 4 is 17.9 Å². The van der Waals surface area contributed by atoms with Crippen molar-refractivity contribution in [3.05, 3.63) is 53.9 Å². The molecule has 2 aliphatic heterocycles. The Morgan fingerprint density at radius 1 is 1.15 bits per heavy atom. The third-order valence-corrected chi connectivity index (χ3v) is 7.41. The molecule has 2 aromatic rings. The fraction of sp³-hybridized carbons (Fsp3) is 0.520. The van der Waals surface area contributed by atoms with Gasteiger partial charge in [-0.05, 0) is 24.0 Å². The van der Waals surface area contributed by atoms with Crippen molar-refractivity contribution < 1.29 is 54.1 Å². The van der Waals surface area contributed by atoms with Gasteiger partial charge in [0.05, 0.1) is 0 Å². The number of H-pyrrole nitrogens is 1. The Bertz CT molecular complexity index is 1270. The summed E-state index contributed by atoms with van der Waals surface area (Å²) in [5.74, 6) is -7.96. The monoisotopic (exact) mass is 562 g/mol. The number of hydrogen-bond donors (Lipinski definition) is 6. The summed E-state index contributed by atoms with van der Waals surface area (Å²) in [6, 6.07) is 9.43. The zero-order valence-electron chi connectivity index (χ0n) is 21.6. The van der Waals surface area contributed by atoms with Crippen LogP contribution in [0.3, 0.4) is 0 Å². The molecule has 0 aliphatic carbocycles. The molecule has 2 fully saturated rings. The topological polar surface area (TPSA) is 235 Å². The normalized spacial score (nSPS) is 32.7. The summed E-state index contributed by atoms with van der Waals surface area (Å²) < 4.78 is 16.8. The van der Waals surface area contributed by atoms with Gasteiger partial charge in [-0.3, -0.25) is 4.79 Å². The van der Waals surface area contributed by atoms with Crippen molar-refractivity contribution in [3.63, 3.8) is 0 Å². The minimum atomic E-state index is -3.50. The summed E-state index contributed by atoms with van der Waals surface area (Å²) in [6.07, 6.45) is -7.53. The van der Waals surface area contributed by atoms with E-state index in [4.69, 9.17) is 14.2 Å². The highest BCUT2D eigenvalue weighted by molar-refractivity contribution is 5.93. The van der Waals surface area contributed by atoms with Gasteiger partial charge in [0.2, 0.25) is 17.0 Å². The molecule has 15 nitrogen and oxygen atoms in total. The Labute approximate surface area is 227 Å². The molecule has 0 amide bonds. The molecule has 4 rings (SSSR count). The van der Waals surface area contributed by atoms with E-state index < -0.39 is 65.1 Å². The number of fused-ring (bicyclic) bond motifs is 2. The van der Waals surface area contributed by atoms with Crippen LogP contribution in [0.1, 0.15) is 44.2 Å². The lowest BCUT2D eigenvalue weighted by molar-refractivity contribution is -0.383. The predicted molar refractivity (Wildman–Crippen MR) is 130 cm³/mol. The van der Waals surface area contributed by atoms with Crippen LogP contribution in [0.5, 0.6) is 0 Å². The molecule has 2 saturated heterocycles. The molecular formula is C25H30N4O11. The van der Waals surface area contributed by atoms with Gasteiger partial charge in [0.15, 0.2) is 11.9 Å². The smallest absolute Gasteiger partial charge is 0.342 e. The fourth-order valence-electron chi connectivity index (χ4n) is 5.47. The number of tetrazole rings is 1. The molecule has 1 aromatic carbocycles. The number of aliphatic hydroxyl groups excluding tert-OH is 2. The Kier molecular flexibility index (Phi) is 7.79. The molecule has 15 heteroatoms. The van der Waals surface area contributed by atoms with Crippen LogP contribution in [0.2, 0.25) is 0 Å². The van der Waals surface area contributed by atoms with Gasteiger partial charge in [0.1, 0.15) is 18.3 Å². The number of rotatable bonds is 11. The van der Waals surface area contributed by atoms with Crippen molar-refractivity contribution in [2.75, 3.05) is 0 Å². The number of ether oxygens (including phenoxy) is 3. The number of aliphatic hydroxyl groups is 3. The van der Waals surface area contributed by atoms with Crippen molar-refractivity contribution in [1.29, 1.82) is 0 Å². The first kappa shape index (κ1) is 29.2. The minimum Gasteiger partial charge on any atom is -0.479 e. The number of carbonyl (C=O) groups is 3. The number of carbonyl (C=O) groups excluding carboxylic acids is 1.